The summed E-state index contributed by atoms with van der Waals surface area (Å²) in [6.07, 6.45) is 15.0. The van der Waals surface area contributed by atoms with Gasteiger partial charge in [0.15, 0.2) is 5.65 Å². The van der Waals surface area contributed by atoms with E-state index in [1.807, 2.05) is 30.0 Å². The molecule has 5 rings (SSSR count). The van der Waals surface area contributed by atoms with Crippen LogP contribution in [0.3, 0.4) is 0 Å². The number of amides is 1. The molecule has 2 N–H and O–H groups in total. The van der Waals surface area contributed by atoms with Crippen LogP contribution in [-0.4, -0.2) is 36.7 Å². The van der Waals surface area contributed by atoms with E-state index in [1.165, 1.54) is 30.6 Å². The van der Waals surface area contributed by atoms with Crippen LogP contribution in [0.5, 0.6) is 0 Å². The predicted octanol–water partition coefficient (Wildman–Crippen LogP) is 3.91. The Morgan fingerprint density at radius 1 is 1.14 bits per heavy atom. The highest BCUT2D eigenvalue weighted by Gasteiger charge is 2.19. The highest BCUT2D eigenvalue weighted by Crippen LogP contribution is 2.29. The molecule has 142 valence electrons. The number of nitrogens with one attached hydrogen (secondary N) is 2. The molecule has 0 aliphatic heterocycles. The van der Waals surface area contributed by atoms with Crippen LogP contribution < -0.4 is 5.32 Å². The highest BCUT2D eigenvalue weighted by molar-refractivity contribution is 7.12. The first-order chi connectivity index (χ1) is 13.8. The number of H-pyrrole nitrogens is 1. The Kier molecular flexibility index (Phi) is 4.40. The highest BCUT2D eigenvalue weighted by atomic mass is 32.1. The molecule has 0 saturated heterocycles. The number of aromatic amines is 1. The van der Waals surface area contributed by atoms with Crippen LogP contribution in [0.1, 0.15) is 41.8 Å². The van der Waals surface area contributed by atoms with Crippen molar-refractivity contribution in [3.63, 3.8) is 0 Å². The lowest BCUT2D eigenvalue weighted by molar-refractivity contribution is 0.0932. The zero-order valence-corrected chi connectivity index (χ0v) is 16.1. The minimum atomic E-state index is 0.0230. The Hall–Kier alpha value is -3.00. The smallest absolute Gasteiger partial charge is 0.261 e. The Bertz CT molecular complexity index is 1110. The van der Waals surface area contributed by atoms with Crippen molar-refractivity contribution in [3.8, 4) is 22.3 Å². The predicted molar refractivity (Wildman–Crippen MR) is 108 cm³/mol. The topological polar surface area (TPSA) is 88.0 Å². The summed E-state index contributed by atoms with van der Waals surface area (Å²) in [5, 5.41) is 16.4. The molecule has 1 aliphatic rings. The standard InChI is InChI=1S/C20H20N6OS/c27-20(25-16-4-2-1-3-5-16)18-6-13(12-28-18)17-10-24-26-11-15(7-21-19(17)26)14-8-22-23-9-14/h6-12,16H,1-5H2,(H,22,23)(H,25,27). The summed E-state index contributed by atoms with van der Waals surface area (Å²) in [6, 6.07) is 2.25. The molecule has 28 heavy (non-hydrogen) atoms. The summed E-state index contributed by atoms with van der Waals surface area (Å²) in [5.41, 5.74) is 4.56. The van der Waals surface area contributed by atoms with Crippen molar-refractivity contribution < 1.29 is 4.79 Å². The van der Waals surface area contributed by atoms with Gasteiger partial charge >= 0.3 is 0 Å². The van der Waals surface area contributed by atoms with Gasteiger partial charge in [0.2, 0.25) is 0 Å². The number of thiophene rings is 1. The van der Waals surface area contributed by atoms with Crippen molar-refractivity contribution in [3.05, 3.63) is 47.3 Å². The van der Waals surface area contributed by atoms with Crippen molar-refractivity contribution in [1.82, 2.24) is 30.1 Å². The van der Waals surface area contributed by atoms with Crippen molar-refractivity contribution in [2.24, 2.45) is 0 Å². The van der Waals surface area contributed by atoms with E-state index in [1.54, 1.807) is 16.9 Å². The van der Waals surface area contributed by atoms with E-state index in [0.29, 0.717) is 6.04 Å². The van der Waals surface area contributed by atoms with Gasteiger partial charge in [-0.2, -0.15) is 10.2 Å². The van der Waals surface area contributed by atoms with Crippen molar-refractivity contribution in [1.29, 1.82) is 0 Å². The quantitative estimate of drug-likeness (QED) is 0.551. The Labute approximate surface area is 165 Å². The van der Waals surface area contributed by atoms with Gasteiger partial charge < -0.3 is 5.32 Å². The second-order valence-corrected chi connectivity index (χ2v) is 8.08. The minimum absolute atomic E-state index is 0.0230. The summed E-state index contributed by atoms with van der Waals surface area (Å²) in [6.45, 7) is 0. The maximum atomic E-state index is 12.6. The molecule has 0 atom stereocenters. The first kappa shape index (κ1) is 17.1. The van der Waals surface area contributed by atoms with Crippen molar-refractivity contribution in [2.75, 3.05) is 0 Å². The number of rotatable bonds is 4. The van der Waals surface area contributed by atoms with Gasteiger partial charge in [-0.25, -0.2) is 9.50 Å². The first-order valence-electron chi connectivity index (χ1n) is 9.50. The third-order valence-corrected chi connectivity index (χ3v) is 6.19. The van der Waals surface area contributed by atoms with Gasteiger partial charge in [0.1, 0.15) is 0 Å². The molecular formula is C20H20N6OS. The minimum Gasteiger partial charge on any atom is -0.349 e. The first-order valence-corrected chi connectivity index (χ1v) is 10.4. The van der Waals surface area contributed by atoms with Crippen molar-refractivity contribution >= 4 is 22.9 Å². The number of hydrogen-bond donors (Lipinski definition) is 2. The van der Waals surface area contributed by atoms with Gasteiger partial charge in [0, 0.05) is 41.3 Å². The molecule has 7 nitrogen and oxygen atoms in total. The fraction of sp³-hybridized carbons (Fsp3) is 0.300. The summed E-state index contributed by atoms with van der Waals surface area (Å²) in [4.78, 5) is 17.9. The second kappa shape index (κ2) is 7.20. The second-order valence-electron chi connectivity index (χ2n) is 7.16. The van der Waals surface area contributed by atoms with Crippen LogP contribution in [0, 0.1) is 0 Å². The molecule has 1 saturated carbocycles. The summed E-state index contributed by atoms with van der Waals surface area (Å²) in [7, 11) is 0. The molecule has 0 spiro atoms. The molecule has 1 amide bonds. The normalized spacial score (nSPS) is 15.1. The van der Waals surface area contributed by atoms with Gasteiger partial charge in [-0.1, -0.05) is 19.3 Å². The van der Waals surface area contributed by atoms with E-state index in [-0.39, 0.29) is 5.91 Å². The number of hydrogen-bond acceptors (Lipinski definition) is 5. The molecule has 0 aromatic carbocycles. The van der Waals surface area contributed by atoms with Crippen LogP contribution in [-0.2, 0) is 0 Å². The van der Waals surface area contributed by atoms with Crippen molar-refractivity contribution in [2.45, 2.75) is 38.1 Å². The average Bonchev–Trinajstić information content (AvgIpc) is 3.47. The zero-order valence-electron chi connectivity index (χ0n) is 15.3. The molecule has 1 aliphatic carbocycles. The lowest BCUT2D eigenvalue weighted by Gasteiger charge is -2.22. The molecule has 1 fully saturated rings. The SMILES string of the molecule is O=C(NC1CCCCC1)c1cc(-c2cnn3cc(-c4cn[nH]c4)cnc23)cs1. The van der Waals surface area contributed by atoms with E-state index in [2.05, 4.69) is 25.6 Å². The number of fused-ring (bicyclic) bond motifs is 1. The number of nitrogens with zero attached hydrogens (tertiary/aromatic N) is 4. The number of aromatic nitrogens is 5. The Morgan fingerprint density at radius 3 is 2.86 bits per heavy atom. The van der Waals surface area contributed by atoms with E-state index >= 15 is 0 Å². The lowest BCUT2D eigenvalue weighted by Crippen LogP contribution is -2.35. The fourth-order valence-electron chi connectivity index (χ4n) is 3.74. The van der Waals surface area contributed by atoms with E-state index in [4.69, 9.17) is 0 Å². The molecular weight excluding hydrogens is 372 g/mol. The third kappa shape index (κ3) is 3.20. The molecule has 0 bridgehead atoms. The average molecular weight is 392 g/mol. The lowest BCUT2D eigenvalue weighted by atomic mass is 9.95. The van der Waals surface area contributed by atoms with Crippen LogP contribution in [0.4, 0.5) is 0 Å². The van der Waals surface area contributed by atoms with Crippen LogP contribution in [0.2, 0.25) is 0 Å². The maximum Gasteiger partial charge on any atom is 0.261 e. The number of carbonyl (C=O) groups is 1. The van der Waals surface area contributed by atoms with Gasteiger partial charge in [-0.15, -0.1) is 11.3 Å². The number of carbonyl (C=O) groups excluding carboxylic acids is 1. The summed E-state index contributed by atoms with van der Waals surface area (Å²) in [5.74, 6) is 0.0230. The van der Waals surface area contributed by atoms with Crippen LogP contribution in [0.15, 0.2) is 42.4 Å². The Morgan fingerprint density at radius 2 is 2.04 bits per heavy atom. The molecule has 0 unspecified atom stereocenters. The molecule has 0 radical (unpaired) electrons. The molecule has 8 heteroatoms. The fourth-order valence-corrected chi connectivity index (χ4v) is 4.55. The zero-order chi connectivity index (χ0) is 18.9. The summed E-state index contributed by atoms with van der Waals surface area (Å²) < 4.78 is 1.76. The van der Waals surface area contributed by atoms with Gasteiger partial charge in [-0.3, -0.25) is 9.89 Å². The van der Waals surface area contributed by atoms with E-state index in [0.717, 1.165) is 45.6 Å². The largest absolute Gasteiger partial charge is 0.349 e. The van der Waals surface area contributed by atoms with E-state index < -0.39 is 0 Å². The maximum absolute atomic E-state index is 12.6. The van der Waals surface area contributed by atoms with Crippen LogP contribution in [0.25, 0.3) is 27.9 Å². The monoisotopic (exact) mass is 392 g/mol. The van der Waals surface area contributed by atoms with Gasteiger partial charge in [0.05, 0.1) is 17.3 Å². The molecule has 4 aromatic heterocycles. The third-order valence-electron chi connectivity index (χ3n) is 5.26. The molecule has 4 aromatic rings. The van der Waals surface area contributed by atoms with Gasteiger partial charge in [0.25, 0.3) is 5.91 Å². The summed E-state index contributed by atoms with van der Waals surface area (Å²) >= 11 is 1.46. The molecule has 4 heterocycles. The van der Waals surface area contributed by atoms with Gasteiger partial charge in [-0.05, 0) is 29.9 Å². The van der Waals surface area contributed by atoms with E-state index in [9.17, 15) is 4.79 Å². The Balaban J connectivity index is 1.39. The van der Waals surface area contributed by atoms with Crippen LogP contribution >= 0.6 is 11.3 Å².